The number of hydrogen-bond donors (Lipinski definition) is 0. The van der Waals surface area contributed by atoms with E-state index in [1.807, 2.05) is 0 Å². The molecule has 3 heteroatoms. The Labute approximate surface area is 63.1 Å². The summed E-state index contributed by atoms with van der Waals surface area (Å²) in [7, 11) is 0. The summed E-state index contributed by atoms with van der Waals surface area (Å²) in [6, 6.07) is 4.00. The van der Waals surface area contributed by atoms with Gasteiger partial charge >= 0.3 is 0 Å². The first-order valence-corrected chi connectivity index (χ1v) is 3.10. The van der Waals surface area contributed by atoms with E-state index in [4.69, 9.17) is 11.6 Å². The SMILES string of the molecule is Fc1cc([S-])cc(Cl)c1. The van der Waals surface area contributed by atoms with Gasteiger partial charge in [0.1, 0.15) is 5.82 Å². The highest BCUT2D eigenvalue weighted by Gasteiger charge is 1.88. The second-order valence-electron chi connectivity index (χ2n) is 1.61. The molecule has 0 nitrogen and oxygen atoms in total. The average molecular weight is 162 g/mol. The van der Waals surface area contributed by atoms with Crippen LogP contribution in [-0.2, 0) is 12.6 Å². The van der Waals surface area contributed by atoms with Crippen LogP contribution in [0.3, 0.4) is 0 Å². The molecule has 0 bridgehead atoms. The molecule has 0 spiro atoms. The molecular formula is C6H3ClFS-. The quantitative estimate of drug-likeness (QED) is 0.527. The molecule has 48 valence electrons. The van der Waals surface area contributed by atoms with E-state index >= 15 is 0 Å². The third-order valence-electron chi connectivity index (χ3n) is 0.836. The second-order valence-corrected chi connectivity index (χ2v) is 2.51. The minimum atomic E-state index is -0.382. The zero-order valence-electron chi connectivity index (χ0n) is 4.40. The normalized spacial score (nSPS) is 9.56. The molecule has 0 aromatic heterocycles. The Hall–Kier alpha value is -0.340. The molecule has 0 fully saturated rings. The third kappa shape index (κ3) is 1.80. The average Bonchev–Trinajstić information content (AvgIpc) is 1.59. The lowest BCUT2D eigenvalue weighted by molar-refractivity contribution is 0.624. The molecule has 0 atom stereocenters. The molecule has 9 heavy (non-hydrogen) atoms. The van der Waals surface area contributed by atoms with Crippen LogP contribution in [0.2, 0.25) is 5.02 Å². The van der Waals surface area contributed by atoms with Gasteiger partial charge in [-0.25, -0.2) is 4.39 Å². The lowest BCUT2D eigenvalue weighted by Crippen LogP contribution is -1.75. The van der Waals surface area contributed by atoms with E-state index in [1.54, 1.807) is 0 Å². The maximum atomic E-state index is 12.3. The van der Waals surface area contributed by atoms with Crippen LogP contribution in [0, 0.1) is 5.82 Å². The Morgan fingerprint density at radius 3 is 2.44 bits per heavy atom. The van der Waals surface area contributed by atoms with Crippen molar-refractivity contribution >= 4 is 24.2 Å². The van der Waals surface area contributed by atoms with Crippen LogP contribution in [0.4, 0.5) is 4.39 Å². The fourth-order valence-electron chi connectivity index (χ4n) is 0.529. The van der Waals surface area contributed by atoms with Gasteiger partial charge in [0.2, 0.25) is 0 Å². The molecule has 1 aromatic carbocycles. The Kier molecular flexibility index (Phi) is 1.88. The molecule has 1 aromatic rings. The van der Waals surface area contributed by atoms with Crippen molar-refractivity contribution < 1.29 is 4.39 Å². The molecule has 0 aliphatic heterocycles. The van der Waals surface area contributed by atoms with Crippen molar-refractivity contribution in [3.05, 3.63) is 29.0 Å². The van der Waals surface area contributed by atoms with Crippen LogP contribution < -0.4 is 0 Å². The molecule has 0 N–H and O–H groups in total. The van der Waals surface area contributed by atoms with Gasteiger partial charge in [-0.05, 0) is 12.1 Å². The number of benzene rings is 1. The molecule has 0 saturated carbocycles. The molecule has 0 radical (unpaired) electrons. The first-order chi connectivity index (χ1) is 4.18. The maximum absolute atomic E-state index is 12.3. The van der Waals surface area contributed by atoms with Crippen molar-refractivity contribution in [2.24, 2.45) is 0 Å². The van der Waals surface area contributed by atoms with Crippen LogP contribution in [0.15, 0.2) is 23.1 Å². The van der Waals surface area contributed by atoms with Crippen molar-refractivity contribution in [3.63, 3.8) is 0 Å². The summed E-state index contributed by atoms with van der Waals surface area (Å²) in [5, 5.41) is 0.347. The van der Waals surface area contributed by atoms with E-state index < -0.39 is 0 Å². The van der Waals surface area contributed by atoms with Crippen LogP contribution in [0.25, 0.3) is 0 Å². The van der Waals surface area contributed by atoms with Gasteiger partial charge in [0.05, 0.1) is 0 Å². The van der Waals surface area contributed by atoms with Gasteiger partial charge in [-0.3, -0.25) is 0 Å². The minimum absolute atomic E-state index is 0.347. The zero-order chi connectivity index (χ0) is 6.85. The zero-order valence-corrected chi connectivity index (χ0v) is 5.97. The summed E-state index contributed by atoms with van der Waals surface area (Å²) < 4.78 is 12.3. The number of hydrogen-bond acceptors (Lipinski definition) is 1. The van der Waals surface area contributed by atoms with Gasteiger partial charge in [0, 0.05) is 5.02 Å². The maximum Gasteiger partial charge on any atom is 0.123 e. The minimum Gasteiger partial charge on any atom is -0.780 e. The Balaban J connectivity index is 3.17. The molecule has 0 saturated heterocycles. The lowest BCUT2D eigenvalue weighted by atomic mass is 10.3. The first kappa shape index (κ1) is 6.78. The van der Waals surface area contributed by atoms with Gasteiger partial charge in [-0.15, -0.1) is 0 Å². The summed E-state index contributed by atoms with van der Waals surface area (Å²) in [5.74, 6) is -0.382. The van der Waals surface area contributed by atoms with E-state index in [0.29, 0.717) is 9.92 Å². The number of halogens is 2. The van der Waals surface area contributed by atoms with E-state index in [0.717, 1.165) is 0 Å². The summed E-state index contributed by atoms with van der Waals surface area (Å²) in [6.07, 6.45) is 0. The summed E-state index contributed by atoms with van der Waals surface area (Å²) in [4.78, 5) is 0.431. The third-order valence-corrected chi connectivity index (χ3v) is 1.29. The van der Waals surface area contributed by atoms with Gasteiger partial charge in [0.15, 0.2) is 0 Å². The predicted octanol–water partition coefficient (Wildman–Crippen LogP) is 2.38. The smallest absolute Gasteiger partial charge is 0.123 e. The largest absolute Gasteiger partial charge is 0.780 e. The molecule has 0 aliphatic carbocycles. The summed E-state index contributed by atoms with van der Waals surface area (Å²) in [6.45, 7) is 0. The molecule has 0 amide bonds. The van der Waals surface area contributed by atoms with Gasteiger partial charge in [0.25, 0.3) is 0 Å². The van der Waals surface area contributed by atoms with Crippen LogP contribution >= 0.6 is 11.6 Å². The topological polar surface area (TPSA) is 0 Å². The number of rotatable bonds is 0. The van der Waals surface area contributed by atoms with Gasteiger partial charge in [-0.1, -0.05) is 17.7 Å². The van der Waals surface area contributed by atoms with Crippen molar-refractivity contribution in [3.8, 4) is 0 Å². The fraction of sp³-hybridized carbons (Fsp3) is 0. The van der Waals surface area contributed by atoms with E-state index in [2.05, 4.69) is 12.6 Å². The monoisotopic (exact) mass is 161 g/mol. The summed E-state index contributed by atoms with van der Waals surface area (Å²) >= 11 is 10.1. The van der Waals surface area contributed by atoms with Gasteiger partial charge < -0.3 is 12.6 Å². The van der Waals surface area contributed by atoms with Crippen molar-refractivity contribution in [2.45, 2.75) is 4.90 Å². The van der Waals surface area contributed by atoms with E-state index in [1.165, 1.54) is 18.2 Å². The van der Waals surface area contributed by atoms with Crippen LogP contribution in [0.1, 0.15) is 0 Å². The lowest BCUT2D eigenvalue weighted by Gasteiger charge is -2.03. The highest BCUT2D eigenvalue weighted by molar-refractivity contribution is 7.58. The van der Waals surface area contributed by atoms with Crippen molar-refractivity contribution in [1.82, 2.24) is 0 Å². The van der Waals surface area contributed by atoms with Crippen LogP contribution in [0.5, 0.6) is 0 Å². The molecular weight excluding hydrogens is 159 g/mol. The van der Waals surface area contributed by atoms with Crippen molar-refractivity contribution in [1.29, 1.82) is 0 Å². The fourth-order valence-corrected chi connectivity index (χ4v) is 1.05. The van der Waals surface area contributed by atoms with Gasteiger partial charge in [-0.2, -0.15) is 4.90 Å². The standard InChI is InChI=1S/C6H4ClFS/c7-4-1-5(8)3-6(9)2-4/h1-3,9H/p-1. The first-order valence-electron chi connectivity index (χ1n) is 2.31. The predicted molar refractivity (Wildman–Crippen MR) is 37.0 cm³/mol. The highest BCUT2D eigenvalue weighted by atomic mass is 35.5. The Bertz CT molecular complexity index is 174. The Morgan fingerprint density at radius 2 is 2.00 bits per heavy atom. The Morgan fingerprint density at radius 1 is 1.33 bits per heavy atom. The van der Waals surface area contributed by atoms with Crippen LogP contribution in [-0.4, -0.2) is 0 Å². The molecule has 0 unspecified atom stereocenters. The second kappa shape index (κ2) is 2.50. The van der Waals surface area contributed by atoms with Crippen molar-refractivity contribution in [2.75, 3.05) is 0 Å². The van der Waals surface area contributed by atoms with E-state index in [9.17, 15) is 4.39 Å². The molecule has 0 aliphatic rings. The molecule has 1 rings (SSSR count). The highest BCUT2D eigenvalue weighted by Crippen LogP contribution is 2.12. The summed E-state index contributed by atoms with van der Waals surface area (Å²) in [5.41, 5.74) is 0. The molecule has 0 heterocycles. The van der Waals surface area contributed by atoms with E-state index in [-0.39, 0.29) is 5.82 Å².